The fourth-order valence-electron chi connectivity index (χ4n) is 2.71. The van der Waals surface area contributed by atoms with Crippen molar-refractivity contribution in [3.8, 4) is 5.75 Å². The lowest BCUT2D eigenvalue weighted by atomic mass is 10.1. The van der Waals surface area contributed by atoms with Gasteiger partial charge in [0.1, 0.15) is 5.75 Å². The van der Waals surface area contributed by atoms with Crippen LogP contribution in [0.15, 0.2) is 37.1 Å². The molecule has 2 aromatic rings. The van der Waals surface area contributed by atoms with Gasteiger partial charge in [0, 0.05) is 37.1 Å². The molecule has 0 spiro atoms. The smallest absolute Gasteiger partial charge is 0.308 e. The van der Waals surface area contributed by atoms with Crippen LogP contribution in [0.2, 0.25) is 0 Å². The zero-order valence-corrected chi connectivity index (χ0v) is 13.9. The Morgan fingerprint density at radius 3 is 2.83 bits per heavy atom. The number of benzene rings is 1. The maximum atomic E-state index is 13.0. The molecule has 1 heterocycles. The minimum atomic E-state index is -2.41. The van der Waals surface area contributed by atoms with E-state index in [0.29, 0.717) is 25.3 Å². The van der Waals surface area contributed by atoms with Crippen molar-refractivity contribution in [1.29, 1.82) is 0 Å². The second-order valence-electron chi connectivity index (χ2n) is 5.69. The van der Waals surface area contributed by atoms with Gasteiger partial charge in [-0.25, -0.2) is 8.78 Å². The molecule has 0 aliphatic carbocycles. The van der Waals surface area contributed by atoms with Crippen molar-refractivity contribution in [3.05, 3.63) is 42.6 Å². The van der Waals surface area contributed by atoms with Crippen LogP contribution in [-0.2, 0) is 11.2 Å². The number of ether oxygens (including phenoxy) is 1. The Kier molecular flexibility index (Phi) is 6.09. The number of nitrogens with zero attached hydrogens (tertiary/aromatic N) is 1. The third-order valence-corrected chi connectivity index (χ3v) is 3.98. The lowest BCUT2D eigenvalue weighted by molar-refractivity contribution is -0.131. The molecule has 6 heteroatoms. The maximum absolute atomic E-state index is 13.0. The molecule has 1 atom stereocenters. The van der Waals surface area contributed by atoms with Crippen molar-refractivity contribution in [2.75, 3.05) is 13.1 Å². The van der Waals surface area contributed by atoms with Gasteiger partial charge < -0.3 is 9.72 Å². The molecule has 24 heavy (non-hydrogen) atoms. The fraction of sp³-hybridized carbons (Fsp3) is 0.389. The van der Waals surface area contributed by atoms with Gasteiger partial charge >= 0.3 is 5.97 Å². The molecule has 1 N–H and O–H groups in total. The van der Waals surface area contributed by atoms with Crippen molar-refractivity contribution in [2.24, 2.45) is 0 Å². The highest BCUT2D eigenvalue weighted by Crippen LogP contribution is 2.29. The number of hydrogen-bond acceptors (Lipinski definition) is 3. The van der Waals surface area contributed by atoms with Gasteiger partial charge in [0.2, 0.25) is 0 Å². The zero-order chi connectivity index (χ0) is 17.7. The highest BCUT2D eigenvalue weighted by atomic mass is 19.3. The molecule has 0 aliphatic rings. The van der Waals surface area contributed by atoms with E-state index >= 15 is 0 Å². The summed E-state index contributed by atoms with van der Waals surface area (Å²) in [6, 6.07) is 4.56. The summed E-state index contributed by atoms with van der Waals surface area (Å²) in [4.78, 5) is 16.1. The second kappa shape index (κ2) is 8.06. The number of esters is 1. The summed E-state index contributed by atoms with van der Waals surface area (Å²) in [6.45, 7) is 7.34. The van der Waals surface area contributed by atoms with Gasteiger partial charge in [-0.15, -0.1) is 6.58 Å². The van der Waals surface area contributed by atoms with Gasteiger partial charge in [0.05, 0.1) is 6.04 Å². The van der Waals surface area contributed by atoms with Crippen molar-refractivity contribution in [2.45, 2.75) is 32.7 Å². The summed E-state index contributed by atoms with van der Waals surface area (Å²) in [6.07, 6.45) is 1.60. The molecular weight excluding hydrogens is 314 g/mol. The molecule has 0 amide bonds. The number of aromatic amines is 1. The molecule has 0 radical (unpaired) electrons. The van der Waals surface area contributed by atoms with Crippen LogP contribution in [0.4, 0.5) is 8.78 Å². The van der Waals surface area contributed by atoms with E-state index in [9.17, 15) is 13.6 Å². The predicted molar refractivity (Wildman–Crippen MR) is 90.5 cm³/mol. The highest BCUT2D eigenvalue weighted by molar-refractivity contribution is 5.91. The van der Waals surface area contributed by atoms with Crippen molar-refractivity contribution >= 4 is 16.9 Å². The molecule has 2 rings (SSSR count). The van der Waals surface area contributed by atoms with Gasteiger partial charge in [0.25, 0.3) is 6.43 Å². The first-order chi connectivity index (χ1) is 11.4. The Hall–Kier alpha value is -2.21. The Balaban J connectivity index is 2.22. The molecule has 0 saturated heterocycles. The first kappa shape index (κ1) is 18.1. The standard InChI is InChI=1S/C18H22F2N2O2/c1-4-9-22(12(2)18(19)20)10-8-14-11-21-15-6-5-7-16(17(14)15)24-13(3)23/h4-7,11-12,18,21H,1,8-10H2,2-3H3. The van der Waals surface area contributed by atoms with E-state index in [2.05, 4.69) is 11.6 Å². The number of H-pyrrole nitrogens is 1. The normalized spacial score (nSPS) is 12.8. The van der Waals surface area contributed by atoms with E-state index in [0.717, 1.165) is 16.5 Å². The summed E-state index contributed by atoms with van der Waals surface area (Å²) in [7, 11) is 0. The van der Waals surface area contributed by atoms with Crippen molar-refractivity contribution in [1.82, 2.24) is 9.88 Å². The fourth-order valence-corrected chi connectivity index (χ4v) is 2.71. The van der Waals surface area contributed by atoms with Gasteiger partial charge in [-0.3, -0.25) is 9.69 Å². The molecular formula is C18H22F2N2O2. The van der Waals surface area contributed by atoms with E-state index < -0.39 is 18.4 Å². The largest absolute Gasteiger partial charge is 0.426 e. The molecule has 0 aliphatic heterocycles. The molecule has 0 bridgehead atoms. The first-order valence-corrected chi connectivity index (χ1v) is 7.84. The van der Waals surface area contributed by atoms with E-state index in [4.69, 9.17) is 4.74 Å². The highest BCUT2D eigenvalue weighted by Gasteiger charge is 2.22. The van der Waals surface area contributed by atoms with Gasteiger partial charge in [-0.1, -0.05) is 12.1 Å². The zero-order valence-electron chi connectivity index (χ0n) is 13.9. The predicted octanol–water partition coefficient (Wildman–Crippen LogP) is 3.78. The number of fused-ring (bicyclic) bond motifs is 1. The number of carbonyl (C=O) groups excluding carboxylic acids is 1. The topological polar surface area (TPSA) is 45.3 Å². The van der Waals surface area contributed by atoms with Crippen molar-refractivity contribution < 1.29 is 18.3 Å². The van der Waals surface area contributed by atoms with Gasteiger partial charge in [-0.05, 0) is 31.0 Å². The Morgan fingerprint density at radius 2 is 2.21 bits per heavy atom. The minimum absolute atomic E-state index is 0.394. The molecule has 0 saturated carbocycles. The third-order valence-electron chi connectivity index (χ3n) is 3.98. The summed E-state index contributed by atoms with van der Waals surface area (Å²) in [5.74, 6) is 0.0858. The van der Waals surface area contributed by atoms with Crippen LogP contribution in [-0.4, -0.2) is 41.4 Å². The molecule has 4 nitrogen and oxygen atoms in total. The van der Waals surface area contributed by atoms with Crippen molar-refractivity contribution in [3.63, 3.8) is 0 Å². The van der Waals surface area contributed by atoms with Crippen LogP contribution in [0.3, 0.4) is 0 Å². The molecule has 1 unspecified atom stereocenters. The van der Waals surface area contributed by atoms with Crippen LogP contribution in [0.5, 0.6) is 5.75 Å². The second-order valence-corrected chi connectivity index (χ2v) is 5.69. The van der Waals surface area contributed by atoms with Crippen LogP contribution in [0.25, 0.3) is 10.9 Å². The average molecular weight is 336 g/mol. The lowest BCUT2D eigenvalue weighted by Crippen LogP contribution is -2.39. The van der Waals surface area contributed by atoms with Crippen LogP contribution in [0, 0.1) is 0 Å². The maximum Gasteiger partial charge on any atom is 0.308 e. The summed E-state index contributed by atoms with van der Waals surface area (Å²) < 4.78 is 31.2. The van der Waals surface area contributed by atoms with E-state index in [1.54, 1.807) is 23.1 Å². The monoisotopic (exact) mass is 336 g/mol. The van der Waals surface area contributed by atoms with Crippen LogP contribution in [0.1, 0.15) is 19.4 Å². The van der Waals surface area contributed by atoms with Crippen LogP contribution < -0.4 is 4.74 Å². The Labute approximate surface area is 140 Å². The Bertz CT molecular complexity index is 712. The molecule has 0 fully saturated rings. The lowest BCUT2D eigenvalue weighted by Gasteiger charge is -2.27. The van der Waals surface area contributed by atoms with E-state index in [-0.39, 0.29) is 0 Å². The number of aromatic nitrogens is 1. The minimum Gasteiger partial charge on any atom is -0.426 e. The van der Waals surface area contributed by atoms with E-state index in [1.165, 1.54) is 13.8 Å². The summed E-state index contributed by atoms with van der Waals surface area (Å²) >= 11 is 0. The molecule has 1 aromatic carbocycles. The SMILES string of the molecule is C=CCN(CCc1c[nH]c2cccc(OC(C)=O)c12)C(C)C(F)F. The number of nitrogens with one attached hydrogen (secondary N) is 1. The number of alkyl halides is 2. The Morgan fingerprint density at radius 1 is 1.46 bits per heavy atom. The molecule has 1 aromatic heterocycles. The van der Waals surface area contributed by atoms with Crippen LogP contribution >= 0.6 is 0 Å². The molecule has 130 valence electrons. The third kappa shape index (κ3) is 4.20. The summed E-state index contributed by atoms with van der Waals surface area (Å²) in [5.41, 5.74) is 1.78. The quantitative estimate of drug-likeness (QED) is 0.453. The van der Waals surface area contributed by atoms with E-state index in [1.807, 2.05) is 12.3 Å². The number of halogens is 2. The van der Waals surface area contributed by atoms with Gasteiger partial charge in [0.15, 0.2) is 0 Å². The number of hydrogen-bond donors (Lipinski definition) is 1. The first-order valence-electron chi connectivity index (χ1n) is 7.84. The average Bonchev–Trinajstić information content (AvgIpc) is 2.94. The number of carbonyl (C=O) groups is 1. The number of rotatable bonds is 8. The van der Waals surface area contributed by atoms with Gasteiger partial charge in [-0.2, -0.15) is 0 Å². The summed E-state index contributed by atoms with van der Waals surface area (Å²) in [5, 5.41) is 0.816.